The summed E-state index contributed by atoms with van der Waals surface area (Å²) in [7, 11) is 0. The SMILES string of the molecule is NC(=O)CSc1ccccc1C(=O)Nc1ccc(OC(F)F)c(Cl)c1. The summed E-state index contributed by atoms with van der Waals surface area (Å²) >= 11 is 7.00. The molecule has 0 radical (unpaired) electrons. The number of rotatable bonds is 7. The van der Waals surface area contributed by atoms with Crippen molar-refractivity contribution >= 4 is 40.9 Å². The Labute approximate surface area is 151 Å². The standard InChI is InChI=1S/C16H13ClF2N2O3S/c17-11-7-9(5-6-12(11)24-16(18)19)21-15(23)10-3-1-2-4-13(10)25-8-14(20)22/h1-7,16H,8H2,(H2,20,22)(H,21,23). The second kappa shape index (κ2) is 8.68. The summed E-state index contributed by atoms with van der Waals surface area (Å²) in [6, 6.07) is 10.6. The van der Waals surface area contributed by atoms with Crippen LogP contribution < -0.4 is 15.8 Å². The number of ether oxygens (including phenoxy) is 1. The van der Waals surface area contributed by atoms with Crippen LogP contribution in [0.3, 0.4) is 0 Å². The molecule has 0 aromatic heterocycles. The number of carbonyl (C=O) groups is 2. The van der Waals surface area contributed by atoms with Crippen LogP contribution in [0.2, 0.25) is 5.02 Å². The van der Waals surface area contributed by atoms with E-state index in [4.69, 9.17) is 17.3 Å². The lowest BCUT2D eigenvalue weighted by Crippen LogP contribution is -2.15. The number of alkyl halides is 2. The molecule has 0 fully saturated rings. The molecule has 0 aliphatic heterocycles. The fraction of sp³-hybridized carbons (Fsp3) is 0.125. The average molecular weight is 387 g/mol. The van der Waals surface area contributed by atoms with Crippen molar-refractivity contribution in [1.29, 1.82) is 0 Å². The van der Waals surface area contributed by atoms with E-state index < -0.39 is 18.4 Å². The van der Waals surface area contributed by atoms with Crippen molar-refractivity contribution in [2.24, 2.45) is 5.73 Å². The van der Waals surface area contributed by atoms with Crippen molar-refractivity contribution in [2.75, 3.05) is 11.1 Å². The molecule has 0 bridgehead atoms. The Morgan fingerprint density at radius 1 is 1.24 bits per heavy atom. The Morgan fingerprint density at radius 2 is 1.96 bits per heavy atom. The summed E-state index contributed by atoms with van der Waals surface area (Å²) in [6.45, 7) is -2.99. The molecule has 2 aromatic rings. The van der Waals surface area contributed by atoms with Crippen molar-refractivity contribution in [3.05, 3.63) is 53.1 Å². The van der Waals surface area contributed by atoms with E-state index in [0.29, 0.717) is 16.1 Å². The largest absolute Gasteiger partial charge is 0.433 e. The number of amides is 2. The van der Waals surface area contributed by atoms with E-state index in [2.05, 4.69) is 10.1 Å². The van der Waals surface area contributed by atoms with Crippen LogP contribution in [-0.2, 0) is 4.79 Å². The van der Waals surface area contributed by atoms with Gasteiger partial charge in [-0.3, -0.25) is 9.59 Å². The van der Waals surface area contributed by atoms with E-state index in [1.54, 1.807) is 24.3 Å². The molecule has 132 valence electrons. The smallest absolute Gasteiger partial charge is 0.387 e. The Bertz CT molecular complexity index is 790. The van der Waals surface area contributed by atoms with Crippen LogP contribution in [-0.4, -0.2) is 24.2 Å². The van der Waals surface area contributed by atoms with Crippen molar-refractivity contribution in [2.45, 2.75) is 11.5 Å². The van der Waals surface area contributed by atoms with Gasteiger partial charge in [-0.2, -0.15) is 8.78 Å². The number of carbonyl (C=O) groups excluding carboxylic acids is 2. The number of halogens is 3. The molecule has 0 saturated heterocycles. The van der Waals surface area contributed by atoms with Crippen LogP contribution in [0.5, 0.6) is 5.75 Å². The second-order valence-electron chi connectivity index (χ2n) is 4.73. The third kappa shape index (κ3) is 5.61. The molecular weight excluding hydrogens is 374 g/mol. The quantitative estimate of drug-likeness (QED) is 0.710. The highest BCUT2D eigenvalue weighted by Gasteiger charge is 2.14. The van der Waals surface area contributed by atoms with Crippen molar-refractivity contribution < 1.29 is 23.1 Å². The van der Waals surface area contributed by atoms with Gasteiger partial charge in [-0.25, -0.2) is 0 Å². The molecule has 0 aliphatic carbocycles. The predicted octanol–water partition coefficient (Wildman–Crippen LogP) is 3.77. The third-order valence-corrected chi connectivity index (χ3v) is 4.30. The maximum atomic E-state index is 12.4. The summed E-state index contributed by atoms with van der Waals surface area (Å²) in [6.07, 6.45) is 0. The van der Waals surface area contributed by atoms with Gasteiger partial charge in [0.1, 0.15) is 5.75 Å². The van der Waals surface area contributed by atoms with Gasteiger partial charge in [0.05, 0.1) is 16.3 Å². The number of nitrogens with one attached hydrogen (secondary N) is 1. The van der Waals surface area contributed by atoms with E-state index in [1.807, 2.05) is 0 Å². The molecule has 0 heterocycles. The van der Waals surface area contributed by atoms with Gasteiger partial charge in [0, 0.05) is 10.6 Å². The minimum absolute atomic E-state index is 0.0375. The summed E-state index contributed by atoms with van der Waals surface area (Å²) in [4.78, 5) is 23.9. The number of nitrogens with two attached hydrogens (primary N) is 1. The number of benzene rings is 2. The third-order valence-electron chi connectivity index (χ3n) is 2.91. The van der Waals surface area contributed by atoms with Crippen molar-refractivity contribution in [3.8, 4) is 5.75 Å². The number of hydrogen-bond donors (Lipinski definition) is 2. The minimum atomic E-state index is -2.99. The molecule has 5 nitrogen and oxygen atoms in total. The van der Waals surface area contributed by atoms with Gasteiger partial charge >= 0.3 is 6.61 Å². The zero-order valence-electron chi connectivity index (χ0n) is 12.7. The van der Waals surface area contributed by atoms with Crippen LogP contribution in [0.25, 0.3) is 0 Å². The summed E-state index contributed by atoms with van der Waals surface area (Å²) < 4.78 is 28.7. The zero-order chi connectivity index (χ0) is 18.4. The number of hydrogen-bond acceptors (Lipinski definition) is 4. The normalized spacial score (nSPS) is 10.6. The highest BCUT2D eigenvalue weighted by Crippen LogP contribution is 2.30. The lowest BCUT2D eigenvalue weighted by Gasteiger charge is -2.11. The first-order valence-corrected chi connectivity index (χ1v) is 8.29. The highest BCUT2D eigenvalue weighted by molar-refractivity contribution is 8.00. The van der Waals surface area contributed by atoms with Gasteiger partial charge in [0.2, 0.25) is 5.91 Å². The monoisotopic (exact) mass is 386 g/mol. The van der Waals surface area contributed by atoms with E-state index >= 15 is 0 Å². The van der Waals surface area contributed by atoms with Gasteiger partial charge in [0.25, 0.3) is 5.91 Å². The average Bonchev–Trinajstić information content (AvgIpc) is 2.55. The number of thioether (sulfide) groups is 1. The molecule has 3 N–H and O–H groups in total. The number of anilines is 1. The molecule has 25 heavy (non-hydrogen) atoms. The summed E-state index contributed by atoms with van der Waals surface area (Å²) in [5, 5.41) is 2.55. The summed E-state index contributed by atoms with van der Waals surface area (Å²) in [5.74, 6) is -1.09. The van der Waals surface area contributed by atoms with E-state index in [0.717, 1.165) is 11.8 Å². The Hall–Kier alpha value is -2.32. The lowest BCUT2D eigenvalue weighted by atomic mass is 10.2. The Morgan fingerprint density at radius 3 is 2.60 bits per heavy atom. The number of primary amides is 1. The van der Waals surface area contributed by atoms with Gasteiger partial charge in [-0.15, -0.1) is 11.8 Å². The molecule has 2 rings (SSSR count). The van der Waals surface area contributed by atoms with Gasteiger partial charge < -0.3 is 15.8 Å². The molecule has 0 spiro atoms. The fourth-order valence-electron chi connectivity index (χ4n) is 1.90. The topological polar surface area (TPSA) is 81.4 Å². The molecular formula is C16H13ClF2N2O3S. The molecule has 0 aliphatic rings. The first kappa shape index (κ1) is 19.0. The molecule has 2 amide bonds. The maximum Gasteiger partial charge on any atom is 0.387 e. The first-order chi connectivity index (χ1) is 11.9. The molecule has 0 saturated carbocycles. The van der Waals surface area contributed by atoms with Crippen LogP contribution in [0.4, 0.5) is 14.5 Å². The Balaban J connectivity index is 2.14. The van der Waals surface area contributed by atoms with Gasteiger partial charge in [-0.05, 0) is 30.3 Å². The van der Waals surface area contributed by atoms with Crippen molar-refractivity contribution in [1.82, 2.24) is 0 Å². The maximum absolute atomic E-state index is 12.4. The van der Waals surface area contributed by atoms with Gasteiger partial charge in [-0.1, -0.05) is 23.7 Å². The zero-order valence-corrected chi connectivity index (χ0v) is 14.2. The molecule has 2 aromatic carbocycles. The molecule has 0 unspecified atom stereocenters. The fourth-order valence-corrected chi connectivity index (χ4v) is 2.91. The van der Waals surface area contributed by atoms with E-state index in [1.165, 1.54) is 18.2 Å². The van der Waals surface area contributed by atoms with Gasteiger partial charge in [0.15, 0.2) is 0 Å². The van der Waals surface area contributed by atoms with Crippen molar-refractivity contribution in [3.63, 3.8) is 0 Å². The first-order valence-electron chi connectivity index (χ1n) is 6.92. The highest BCUT2D eigenvalue weighted by atomic mass is 35.5. The molecule has 0 atom stereocenters. The van der Waals surface area contributed by atoms with Crippen LogP contribution in [0, 0.1) is 0 Å². The van der Waals surface area contributed by atoms with Crippen LogP contribution in [0.15, 0.2) is 47.4 Å². The second-order valence-corrected chi connectivity index (χ2v) is 6.15. The summed E-state index contributed by atoms with van der Waals surface area (Å²) in [5.41, 5.74) is 5.77. The van der Waals surface area contributed by atoms with Crippen LogP contribution >= 0.6 is 23.4 Å². The van der Waals surface area contributed by atoms with E-state index in [-0.39, 0.29) is 16.5 Å². The Kier molecular flexibility index (Phi) is 6.60. The molecule has 9 heteroatoms. The predicted molar refractivity (Wildman–Crippen MR) is 92.4 cm³/mol. The van der Waals surface area contributed by atoms with E-state index in [9.17, 15) is 18.4 Å². The lowest BCUT2D eigenvalue weighted by molar-refractivity contribution is -0.115. The van der Waals surface area contributed by atoms with Crippen LogP contribution in [0.1, 0.15) is 10.4 Å². The minimum Gasteiger partial charge on any atom is -0.433 e.